The Morgan fingerprint density at radius 2 is 1.81 bits per heavy atom. The van der Waals surface area contributed by atoms with Gasteiger partial charge >= 0.3 is 0 Å². The molecule has 0 unspecified atom stereocenters. The number of hydrogen-bond acceptors (Lipinski definition) is 5. The quantitative estimate of drug-likeness (QED) is 0.651. The van der Waals surface area contributed by atoms with Crippen LogP contribution in [0.5, 0.6) is 0 Å². The van der Waals surface area contributed by atoms with Gasteiger partial charge in [-0.25, -0.2) is 9.50 Å². The van der Waals surface area contributed by atoms with Gasteiger partial charge in [-0.1, -0.05) is 17.7 Å². The van der Waals surface area contributed by atoms with Crippen molar-refractivity contribution in [2.24, 2.45) is 0 Å². The Morgan fingerprint density at radius 1 is 1.07 bits per heavy atom. The Labute approximate surface area is 163 Å². The maximum absolute atomic E-state index is 12.8. The molecule has 0 bridgehead atoms. The van der Waals surface area contributed by atoms with Crippen LogP contribution < -0.4 is 4.90 Å². The zero-order valence-corrected chi connectivity index (χ0v) is 16.4. The van der Waals surface area contributed by atoms with Gasteiger partial charge in [-0.15, -0.1) is 16.9 Å². The normalized spacial score (nSPS) is 15.9. The molecular formula is C20H23N5OS. The minimum atomic E-state index is -0.0836. The Hall–Kier alpha value is -2.54. The Kier molecular flexibility index (Phi) is 5.03. The number of imidazole rings is 1. The summed E-state index contributed by atoms with van der Waals surface area (Å²) in [6, 6.07) is 12.3. The number of benzene rings is 1. The van der Waals surface area contributed by atoms with Crippen molar-refractivity contribution in [2.45, 2.75) is 24.0 Å². The van der Waals surface area contributed by atoms with Gasteiger partial charge in [0.2, 0.25) is 5.91 Å². The first-order chi connectivity index (χ1) is 13.1. The molecule has 1 saturated heterocycles. The minimum absolute atomic E-state index is 0.0836. The highest BCUT2D eigenvalue weighted by molar-refractivity contribution is 8.00. The number of anilines is 1. The lowest BCUT2D eigenvalue weighted by molar-refractivity contribution is -0.130. The summed E-state index contributed by atoms with van der Waals surface area (Å²) in [6.07, 6.45) is 3.60. The van der Waals surface area contributed by atoms with Gasteiger partial charge in [0.1, 0.15) is 5.82 Å². The number of carbonyl (C=O) groups excluding carboxylic acids is 1. The van der Waals surface area contributed by atoms with Crippen LogP contribution >= 0.6 is 11.8 Å². The van der Waals surface area contributed by atoms with E-state index in [1.165, 1.54) is 5.56 Å². The van der Waals surface area contributed by atoms with E-state index in [0.717, 1.165) is 42.5 Å². The van der Waals surface area contributed by atoms with Gasteiger partial charge in [0, 0.05) is 43.5 Å². The monoisotopic (exact) mass is 381 g/mol. The van der Waals surface area contributed by atoms with Gasteiger partial charge < -0.3 is 9.80 Å². The molecule has 3 heterocycles. The second kappa shape index (κ2) is 7.60. The van der Waals surface area contributed by atoms with E-state index in [1.54, 1.807) is 22.5 Å². The van der Waals surface area contributed by atoms with Gasteiger partial charge in [-0.3, -0.25) is 4.79 Å². The number of aromatic nitrogens is 3. The second-order valence-corrected chi connectivity index (χ2v) is 8.22. The Bertz CT molecular complexity index is 931. The highest BCUT2D eigenvalue weighted by Crippen LogP contribution is 2.25. The van der Waals surface area contributed by atoms with Crippen molar-refractivity contribution in [1.29, 1.82) is 0 Å². The summed E-state index contributed by atoms with van der Waals surface area (Å²) in [4.78, 5) is 22.4. The second-order valence-electron chi connectivity index (χ2n) is 6.81. The third kappa shape index (κ3) is 3.93. The van der Waals surface area contributed by atoms with Crippen molar-refractivity contribution in [3.05, 3.63) is 54.4 Å². The molecule has 4 rings (SSSR count). The van der Waals surface area contributed by atoms with E-state index in [2.05, 4.69) is 46.2 Å². The molecule has 0 N–H and O–H groups in total. The number of rotatable bonds is 4. The Balaban J connectivity index is 1.35. The lowest BCUT2D eigenvalue weighted by Gasteiger charge is -2.36. The van der Waals surface area contributed by atoms with Crippen molar-refractivity contribution < 1.29 is 4.79 Å². The molecule has 2 aromatic heterocycles. The summed E-state index contributed by atoms with van der Waals surface area (Å²) < 4.78 is 1.78. The molecule has 1 atom stereocenters. The highest BCUT2D eigenvalue weighted by Gasteiger charge is 2.26. The van der Waals surface area contributed by atoms with Crippen LogP contribution in [0.25, 0.3) is 5.65 Å². The average molecular weight is 382 g/mol. The number of fused-ring (bicyclic) bond motifs is 1. The minimum Gasteiger partial charge on any atom is -0.352 e. The third-order valence-corrected chi connectivity index (χ3v) is 5.94. The van der Waals surface area contributed by atoms with E-state index in [1.807, 2.05) is 30.2 Å². The summed E-state index contributed by atoms with van der Waals surface area (Å²) in [5.74, 6) is 1.13. The number of hydrogen-bond donors (Lipinski definition) is 0. The first-order valence-corrected chi connectivity index (χ1v) is 10.1. The fourth-order valence-corrected chi connectivity index (χ4v) is 4.21. The van der Waals surface area contributed by atoms with Crippen LogP contribution in [0, 0.1) is 6.92 Å². The molecule has 1 aliphatic rings. The molecule has 0 spiro atoms. The number of nitrogens with zero attached hydrogens (tertiary/aromatic N) is 5. The van der Waals surface area contributed by atoms with Gasteiger partial charge in [0.25, 0.3) is 0 Å². The van der Waals surface area contributed by atoms with Crippen molar-refractivity contribution in [2.75, 3.05) is 31.1 Å². The predicted octanol–water partition coefficient (Wildman–Crippen LogP) is 2.87. The van der Waals surface area contributed by atoms with E-state index >= 15 is 0 Å². The number of aryl methyl sites for hydroxylation is 1. The van der Waals surface area contributed by atoms with Crippen LogP contribution in [0.3, 0.4) is 0 Å². The molecule has 6 nitrogen and oxygen atoms in total. The average Bonchev–Trinajstić information content (AvgIpc) is 3.17. The number of thioether (sulfide) groups is 1. The lowest BCUT2D eigenvalue weighted by Crippen LogP contribution is -2.51. The molecular weight excluding hydrogens is 358 g/mol. The molecule has 3 aromatic rings. The molecule has 0 saturated carbocycles. The van der Waals surface area contributed by atoms with Gasteiger partial charge in [0.15, 0.2) is 5.65 Å². The van der Waals surface area contributed by atoms with Crippen molar-refractivity contribution >= 4 is 29.1 Å². The van der Waals surface area contributed by atoms with E-state index in [9.17, 15) is 4.79 Å². The summed E-state index contributed by atoms with van der Waals surface area (Å²) in [5, 5.41) is 4.52. The van der Waals surface area contributed by atoms with E-state index < -0.39 is 0 Å². The lowest BCUT2D eigenvalue weighted by atomic mass is 10.2. The molecule has 1 aromatic carbocycles. The SMILES string of the molecule is Cc1ccc(S[C@@H](C)C(=O)N2CCN(c3ccc4nccn4n3)CC2)cc1. The number of piperazine rings is 1. The predicted molar refractivity (Wildman–Crippen MR) is 108 cm³/mol. The fraction of sp³-hybridized carbons (Fsp3) is 0.350. The molecule has 0 aliphatic carbocycles. The van der Waals surface area contributed by atoms with E-state index in [0.29, 0.717) is 0 Å². The van der Waals surface area contributed by atoms with Gasteiger partial charge in [0.05, 0.1) is 5.25 Å². The number of carbonyl (C=O) groups is 1. The van der Waals surface area contributed by atoms with Crippen LogP contribution in [0.15, 0.2) is 53.7 Å². The first kappa shape index (κ1) is 17.9. The third-order valence-electron chi connectivity index (χ3n) is 4.84. The highest BCUT2D eigenvalue weighted by atomic mass is 32.2. The fourth-order valence-electron chi connectivity index (χ4n) is 3.26. The van der Waals surface area contributed by atoms with Crippen molar-refractivity contribution in [3.63, 3.8) is 0 Å². The van der Waals surface area contributed by atoms with E-state index in [4.69, 9.17) is 0 Å². The zero-order chi connectivity index (χ0) is 18.8. The molecule has 0 radical (unpaired) electrons. The molecule has 7 heteroatoms. The van der Waals surface area contributed by atoms with Crippen LogP contribution in [-0.2, 0) is 4.79 Å². The molecule has 140 valence electrons. The standard InChI is InChI=1S/C20H23N5OS/c1-15-3-5-17(6-4-15)27-16(2)20(26)24-13-11-23(12-14-24)19-8-7-18-21-9-10-25(18)22-19/h3-10,16H,11-14H2,1-2H3/t16-/m0/s1. The summed E-state index contributed by atoms with van der Waals surface area (Å²) >= 11 is 1.63. The number of amides is 1. The Morgan fingerprint density at radius 3 is 2.56 bits per heavy atom. The molecule has 1 amide bonds. The summed E-state index contributed by atoms with van der Waals surface area (Å²) in [6.45, 7) is 7.10. The largest absolute Gasteiger partial charge is 0.352 e. The maximum Gasteiger partial charge on any atom is 0.235 e. The van der Waals surface area contributed by atoms with Crippen LogP contribution in [0.4, 0.5) is 5.82 Å². The molecule has 1 aliphatic heterocycles. The smallest absolute Gasteiger partial charge is 0.235 e. The molecule has 1 fully saturated rings. The molecule has 27 heavy (non-hydrogen) atoms. The summed E-state index contributed by atoms with van der Waals surface area (Å²) in [5.41, 5.74) is 2.08. The topological polar surface area (TPSA) is 53.7 Å². The maximum atomic E-state index is 12.8. The van der Waals surface area contributed by atoms with E-state index in [-0.39, 0.29) is 11.2 Å². The van der Waals surface area contributed by atoms with Gasteiger partial charge in [-0.05, 0) is 38.1 Å². The van der Waals surface area contributed by atoms with Crippen LogP contribution in [0.1, 0.15) is 12.5 Å². The van der Waals surface area contributed by atoms with Gasteiger partial charge in [-0.2, -0.15) is 0 Å². The summed E-state index contributed by atoms with van der Waals surface area (Å²) in [7, 11) is 0. The first-order valence-electron chi connectivity index (χ1n) is 9.17. The van der Waals surface area contributed by atoms with Crippen LogP contribution in [-0.4, -0.2) is 56.8 Å². The zero-order valence-electron chi connectivity index (χ0n) is 15.6. The van der Waals surface area contributed by atoms with Crippen molar-refractivity contribution in [1.82, 2.24) is 19.5 Å². The van der Waals surface area contributed by atoms with Crippen LogP contribution in [0.2, 0.25) is 0 Å². The van der Waals surface area contributed by atoms with Crippen molar-refractivity contribution in [3.8, 4) is 0 Å².